The highest BCUT2D eigenvalue weighted by atomic mass is 16.5. The maximum atomic E-state index is 10.8. The van der Waals surface area contributed by atoms with E-state index in [0.717, 1.165) is 36.3 Å². The van der Waals surface area contributed by atoms with Gasteiger partial charge in [-0.3, -0.25) is 0 Å². The first kappa shape index (κ1) is 19.6. The molecule has 5 rings (SSSR count). The van der Waals surface area contributed by atoms with Crippen LogP contribution in [0, 0.1) is 5.92 Å². The van der Waals surface area contributed by atoms with E-state index in [1.165, 1.54) is 12.8 Å². The van der Waals surface area contributed by atoms with Crippen LogP contribution in [0.3, 0.4) is 0 Å². The standard InChI is InChI=1S/C25H25N3O3/c1-30-22-10-9-19-24(29)23(15-21-17-6-2-3-8-20(17)27-28-21)31-25(19)18(22)7-4-5-16-11-13-26-14-12-16/h2-4,6-10,15-16,26,29H,5,11-14H2,1H3/b7-4+,21-15?. The van der Waals surface area contributed by atoms with Gasteiger partial charge < -0.3 is 19.6 Å². The molecule has 6 nitrogen and oxygen atoms in total. The molecular weight excluding hydrogens is 390 g/mol. The van der Waals surface area contributed by atoms with E-state index in [0.29, 0.717) is 34.1 Å². The molecule has 3 aromatic rings. The number of furan rings is 1. The lowest BCUT2D eigenvalue weighted by Crippen LogP contribution is -2.27. The molecule has 1 saturated heterocycles. The Bertz CT molecular complexity index is 1200. The number of nitrogens with zero attached hydrogens (tertiary/aromatic N) is 2. The van der Waals surface area contributed by atoms with Crippen LogP contribution in [0.1, 0.15) is 36.1 Å². The lowest BCUT2D eigenvalue weighted by atomic mass is 9.94. The number of fused-ring (bicyclic) bond motifs is 2. The van der Waals surface area contributed by atoms with Gasteiger partial charge in [0.1, 0.15) is 11.3 Å². The van der Waals surface area contributed by atoms with Gasteiger partial charge in [-0.15, -0.1) is 10.2 Å². The topological polar surface area (TPSA) is 79.3 Å². The minimum absolute atomic E-state index is 0.0951. The van der Waals surface area contributed by atoms with E-state index < -0.39 is 0 Å². The van der Waals surface area contributed by atoms with Gasteiger partial charge in [-0.2, -0.15) is 0 Å². The van der Waals surface area contributed by atoms with Crippen molar-refractivity contribution in [3.05, 3.63) is 59.4 Å². The number of hydrogen-bond acceptors (Lipinski definition) is 6. The Hall–Kier alpha value is -3.38. The van der Waals surface area contributed by atoms with Gasteiger partial charge in [0.25, 0.3) is 0 Å². The van der Waals surface area contributed by atoms with Crippen molar-refractivity contribution in [2.24, 2.45) is 16.1 Å². The third-order valence-electron chi connectivity index (χ3n) is 6.00. The van der Waals surface area contributed by atoms with Crippen LogP contribution in [0.5, 0.6) is 11.5 Å². The van der Waals surface area contributed by atoms with Crippen molar-refractivity contribution in [1.82, 2.24) is 5.32 Å². The van der Waals surface area contributed by atoms with Crippen LogP contribution >= 0.6 is 0 Å². The summed E-state index contributed by atoms with van der Waals surface area (Å²) in [5.74, 6) is 1.87. The van der Waals surface area contributed by atoms with Crippen molar-refractivity contribution in [2.45, 2.75) is 19.3 Å². The number of methoxy groups -OCH3 is 1. The van der Waals surface area contributed by atoms with Gasteiger partial charge in [0.2, 0.25) is 0 Å². The number of hydrogen-bond donors (Lipinski definition) is 2. The van der Waals surface area contributed by atoms with Crippen LogP contribution in [0.2, 0.25) is 0 Å². The Morgan fingerprint density at radius 1 is 1.16 bits per heavy atom. The highest BCUT2D eigenvalue weighted by Crippen LogP contribution is 2.42. The van der Waals surface area contributed by atoms with Crippen LogP contribution in [0.25, 0.3) is 28.8 Å². The second-order valence-corrected chi connectivity index (χ2v) is 7.95. The van der Waals surface area contributed by atoms with E-state index in [-0.39, 0.29) is 5.75 Å². The van der Waals surface area contributed by atoms with Crippen molar-refractivity contribution in [3.8, 4) is 11.5 Å². The van der Waals surface area contributed by atoms with E-state index in [4.69, 9.17) is 9.15 Å². The summed E-state index contributed by atoms with van der Waals surface area (Å²) in [6.45, 7) is 2.17. The summed E-state index contributed by atoms with van der Waals surface area (Å²) < 4.78 is 11.7. The van der Waals surface area contributed by atoms with Gasteiger partial charge in [0, 0.05) is 11.6 Å². The van der Waals surface area contributed by atoms with Crippen LogP contribution in [-0.4, -0.2) is 25.3 Å². The summed E-state index contributed by atoms with van der Waals surface area (Å²) in [5.41, 5.74) is 3.84. The van der Waals surface area contributed by atoms with Gasteiger partial charge in [-0.1, -0.05) is 30.4 Å². The summed E-state index contributed by atoms with van der Waals surface area (Å²) >= 11 is 0. The van der Waals surface area contributed by atoms with Crippen LogP contribution in [0.4, 0.5) is 5.69 Å². The molecule has 0 saturated carbocycles. The Morgan fingerprint density at radius 2 is 2.00 bits per heavy atom. The molecule has 1 fully saturated rings. The van der Waals surface area contributed by atoms with Crippen molar-refractivity contribution in [1.29, 1.82) is 0 Å². The smallest absolute Gasteiger partial charge is 0.172 e. The molecule has 3 heterocycles. The lowest BCUT2D eigenvalue weighted by Gasteiger charge is -2.20. The second kappa shape index (κ2) is 8.40. The number of nitrogens with one attached hydrogen (secondary N) is 1. The largest absolute Gasteiger partial charge is 0.504 e. The molecule has 0 amide bonds. The van der Waals surface area contributed by atoms with Crippen molar-refractivity contribution in [2.75, 3.05) is 20.2 Å². The van der Waals surface area contributed by atoms with Crippen LogP contribution in [-0.2, 0) is 0 Å². The highest BCUT2D eigenvalue weighted by Gasteiger charge is 2.20. The average molecular weight is 415 g/mol. The predicted octanol–water partition coefficient (Wildman–Crippen LogP) is 6.15. The van der Waals surface area contributed by atoms with Gasteiger partial charge in [-0.05, 0) is 56.5 Å². The van der Waals surface area contributed by atoms with Gasteiger partial charge >= 0.3 is 0 Å². The fourth-order valence-corrected chi connectivity index (χ4v) is 4.27. The van der Waals surface area contributed by atoms with E-state index in [2.05, 4.69) is 21.6 Å². The number of ether oxygens (including phenoxy) is 1. The molecule has 2 aliphatic rings. The lowest BCUT2D eigenvalue weighted by molar-refractivity contribution is 0.378. The maximum Gasteiger partial charge on any atom is 0.172 e. The first-order valence-corrected chi connectivity index (χ1v) is 10.7. The summed E-state index contributed by atoms with van der Waals surface area (Å²) in [5, 5.41) is 23.3. The fraction of sp³-hybridized carbons (Fsp3) is 0.280. The van der Waals surface area contributed by atoms with Gasteiger partial charge in [-0.25, -0.2) is 0 Å². The average Bonchev–Trinajstić information content (AvgIpc) is 3.36. The normalized spacial score (nSPS) is 17.8. The summed E-state index contributed by atoms with van der Waals surface area (Å²) in [6.07, 6.45) is 9.38. The molecule has 0 unspecified atom stereocenters. The van der Waals surface area contributed by atoms with E-state index in [1.54, 1.807) is 13.2 Å². The Morgan fingerprint density at radius 3 is 2.84 bits per heavy atom. The first-order chi connectivity index (χ1) is 15.2. The van der Waals surface area contributed by atoms with Crippen molar-refractivity contribution in [3.63, 3.8) is 0 Å². The second-order valence-electron chi connectivity index (χ2n) is 7.95. The molecule has 2 aliphatic heterocycles. The minimum atomic E-state index is 0.0951. The Labute approximate surface area is 180 Å². The molecule has 1 aromatic heterocycles. The zero-order chi connectivity index (χ0) is 21.2. The molecule has 0 atom stereocenters. The molecule has 0 radical (unpaired) electrons. The predicted molar refractivity (Wildman–Crippen MR) is 123 cm³/mol. The number of piperidine rings is 1. The Balaban J connectivity index is 1.51. The van der Waals surface area contributed by atoms with Crippen LogP contribution < -0.4 is 10.1 Å². The third kappa shape index (κ3) is 3.75. The molecular formula is C25H25N3O3. The number of rotatable bonds is 5. The zero-order valence-corrected chi connectivity index (χ0v) is 17.5. The zero-order valence-electron chi connectivity index (χ0n) is 17.5. The number of benzene rings is 2. The molecule has 158 valence electrons. The summed E-state index contributed by atoms with van der Waals surface area (Å²) in [4.78, 5) is 0. The fourth-order valence-electron chi connectivity index (χ4n) is 4.27. The minimum Gasteiger partial charge on any atom is -0.504 e. The quantitative estimate of drug-likeness (QED) is 0.524. The summed E-state index contributed by atoms with van der Waals surface area (Å²) in [7, 11) is 1.65. The van der Waals surface area contributed by atoms with E-state index in [9.17, 15) is 5.11 Å². The Kier molecular flexibility index (Phi) is 5.30. The molecule has 6 heteroatoms. The molecule has 0 spiro atoms. The molecule has 0 aliphatic carbocycles. The monoisotopic (exact) mass is 415 g/mol. The van der Waals surface area contributed by atoms with Crippen LogP contribution in [0.15, 0.2) is 57.1 Å². The van der Waals surface area contributed by atoms with Crippen molar-refractivity contribution >= 4 is 34.5 Å². The number of aromatic hydroxyl groups is 1. The van der Waals surface area contributed by atoms with E-state index >= 15 is 0 Å². The van der Waals surface area contributed by atoms with Gasteiger partial charge in [0.05, 0.1) is 29.4 Å². The van der Waals surface area contributed by atoms with Crippen molar-refractivity contribution < 1.29 is 14.3 Å². The first-order valence-electron chi connectivity index (χ1n) is 10.7. The van der Waals surface area contributed by atoms with Gasteiger partial charge in [0.15, 0.2) is 11.5 Å². The number of allylic oxidation sites excluding steroid dienone is 1. The summed E-state index contributed by atoms with van der Waals surface area (Å²) in [6, 6.07) is 11.4. The SMILES string of the molecule is COc1ccc2c(O)c(C=C3N=Nc4ccccc43)oc2c1/C=C/CC1CCNCC1. The molecule has 2 aromatic carbocycles. The third-order valence-corrected chi connectivity index (χ3v) is 6.00. The van der Waals surface area contributed by atoms with E-state index in [1.807, 2.05) is 42.5 Å². The number of azo groups is 1. The molecule has 0 bridgehead atoms. The molecule has 2 N–H and O–H groups in total. The molecule has 31 heavy (non-hydrogen) atoms. The highest BCUT2D eigenvalue weighted by molar-refractivity contribution is 5.97. The maximum absolute atomic E-state index is 10.8.